The van der Waals surface area contributed by atoms with E-state index in [0.717, 1.165) is 0 Å². The van der Waals surface area contributed by atoms with Gasteiger partial charge in [0.1, 0.15) is 6.07 Å². The summed E-state index contributed by atoms with van der Waals surface area (Å²) in [5.74, 6) is 0. The molecule has 0 radical (unpaired) electrons. The Balaban J connectivity index is 3.12. The molecule has 0 spiro atoms. The molecule has 1 rings (SSSR count). The molecule has 0 N–H and O–H groups in total. The molecule has 0 aliphatic rings. The van der Waals surface area contributed by atoms with Crippen LogP contribution in [0.25, 0.3) is 10.5 Å². The van der Waals surface area contributed by atoms with Gasteiger partial charge in [0.25, 0.3) is 0 Å². The van der Waals surface area contributed by atoms with E-state index in [1.807, 2.05) is 6.07 Å². The first-order valence-corrected chi connectivity index (χ1v) is 3.77. The van der Waals surface area contributed by atoms with E-state index in [0.29, 0.717) is 11.3 Å². The Labute approximate surface area is 80.9 Å². The summed E-state index contributed by atoms with van der Waals surface area (Å²) in [6.07, 6.45) is 1.17. The number of nitrogens with zero attached hydrogens (tertiary/aromatic N) is 4. The van der Waals surface area contributed by atoms with E-state index in [4.69, 9.17) is 15.9 Å². The molecule has 64 valence electrons. The molecule has 14 heavy (non-hydrogen) atoms. The Hall–Kier alpha value is -2.64. The predicted molar refractivity (Wildman–Crippen MR) is 50.4 cm³/mol. The molecule has 0 saturated heterocycles. The van der Waals surface area contributed by atoms with E-state index in [2.05, 4.69) is 4.98 Å². The van der Waals surface area contributed by atoms with Crippen molar-refractivity contribution in [2.45, 2.75) is 0 Å². The Kier molecular flexibility index (Phi) is 2.97. The normalized spacial score (nSPS) is 9.64. The predicted octanol–water partition coefficient (Wildman–Crippen LogP) is 2.60. The van der Waals surface area contributed by atoms with Crippen LogP contribution in [0.3, 0.4) is 0 Å². The van der Waals surface area contributed by atoms with E-state index in [1.54, 1.807) is 30.3 Å². The lowest BCUT2D eigenvalue weighted by atomic mass is 10.1. The van der Waals surface area contributed by atoms with Crippen molar-refractivity contribution in [2.24, 2.45) is 0 Å². The third-order valence-electron chi connectivity index (χ3n) is 1.62. The second-order valence-corrected chi connectivity index (χ2v) is 2.45. The zero-order valence-electron chi connectivity index (χ0n) is 7.18. The van der Waals surface area contributed by atoms with E-state index in [1.165, 1.54) is 6.08 Å². The summed E-state index contributed by atoms with van der Waals surface area (Å²) in [5, 5.41) is 25.5. The number of hydrogen-bond acceptors (Lipinski definition) is 3. The molecular formula is C10H5N4+. The summed E-state index contributed by atoms with van der Waals surface area (Å²) in [5.41, 5.74) is 1.32. The molecule has 0 atom stereocenters. The van der Waals surface area contributed by atoms with Gasteiger partial charge in [-0.15, -0.1) is 0 Å². The van der Waals surface area contributed by atoms with Gasteiger partial charge < -0.3 is 0 Å². The summed E-state index contributed by atoms with van der Waals surface area (Å²) in [6, 6.07) is 10.0. The molecule has 0 heterocycles. The van der Waals surface area contributed by atoms with Crippen LogP contribution in [0.15, 0.2) is 30.3 Å². The number of rotatable bonds is 1. The quantitative estimate of drug-likeness (QED) is 0.493. The van der Waals surface area contributed by atoms with Gasteiger partial charge >= 0.3 is 5.69 Å². The van der Waals surface area contributed by atoms with Crippen molar-refractivity contribution in [1.29, 1.82) is 15.9 Å². The minimum Gasteiger partial charge on any atom is -0.193 e. The average molecular weight is 181 g/mol. The number of nitriles is 2. The maximum atomic E-state index is 8.69. The molecular weight excluding hydrogens is 176 g/mol. The van der Waals surface area contributed by atoms with E-state index >= 15 is 0 Å². The minimum atomic E-state index is 0.289. The molecule has 4 nitrogen and oxygen atoms in total. The highest BCUT2D eigenvalue weighted by Gasteiger charge is 2.05. The summed E-state index contributed by atoms with van der Waals surface area (Å²) in [6.45, 7) is 0. The van der Waals surface area contributed by atoms with Gasteiger partial charge in [-0.2, -0.15) is 10.5 Å². The molecule has 0 amide bonds. The maximum Gasteiger partial charge on any atom is 0.385 e. The molecule has 0 bridgehead atoms. The molecule has 1 aromatic rings. The topological polar surface area (TPSA) is 75.7 Å². The minimum absolute atomic E-state index is 0.289. The average Bonchev–Trinajstić information content (AvgIpc) is 2.26. The van der Waals surface area contributed by atoms with Crippen molar-refractivity contribution < 1.29 is 0 Å². The molecule has 0 unspecified atom stereocenters. The highest BCUT2D eigenvalue weighted by Crippen LogP contribution is 2.18. The van der Waals surface area contributed by atoms with Crippen molar-refractivity contribution in [3.8, 4) is 12.1 Å². The summed E-state index contributed by atoms with van der Waals surface area (Å²) in [4.78, 5) is 2.98. The van der Waals surface area contributed by atoms with E-state index in [-0.39, 0.29) is 5.57 Å². The fraction of sp³-hybridized carbons (Fsp3) is 0. The van der Waals surface area contributed by atoms with Gasteiger partial charge in [-0.1, -0.05) is 0 Å². The Morgan fingerprint density at radius 2 is 1.86 bits per heavy atom. The fourth-order valence-corrected chi connectivity index (χ4v) is 0.952. The van der Waals surface area contributed by atoms with Crippen molar-refractivity contribution in [2.75, 3.05) is 0 Å². The molecule has 0 aromatic heterocycles. The number of benzene rings is 1. The first-order chi connectivity index (χ1) is 6.81. The largest absolute Gasteiger partial charge is 0.385 e. The lowest BCUT2D eigenvalue weighted by molar-refractivity contribution is 1.46. The van der Waals surface area contributed by atoms with Gasteiger partial charge in [0.15, 0.2) is 4.98 Å². The van der Waals surface area contributed by atoms with Crippen LogP contribution in [0.4, 0.5) is 5.69 Å². The van der Waals surface area contributed by atoms with Crippen molar-refractivity contribution in [3.63, 3.8) is 0 Å². The number of hydrogen-bond donors (Lipinski definition) is 0. The number of allylic oxidation sites excluding steroid dienone is 2. The SMILES string of the molecule is N#C/C=C(\C#N)c1ccc([N+]#N)cc1. The molecule has 0 fully saturated rings. The number of diazo groups is 1. The van der Waals surface area contributed by atoms with Crippen LogP contribution in [0.2, 0.25) is 0 Å². The van der Waals surface area contributed by atoms with Gasteiger partial charge in [0.2, 0.25) is 5.39 Å². The Morgan fingerprint density at radius 3 is 2.29 bits per heavy atom. The highest BCUT2D eigenvalue weighted by molar-refractivity contribution is 5.78. The molecule has 4 heteroatoms. The van der Waals surface area contributed by atoms with E-state index in [9.17, 15) is 0 Å². The summed E-state index contributed by atoms with van der Waals surface area (Å²) < 4.78 is 0. The van der Waals surface area contributed by atoms with Crippen LogP contribution in [0, 0.1) is 28.1 Å². The molecule has 1 aromatic carbocycles. The third kappa shape index (κ3) is 1.94. The van der Waals surface area contributed by atoms with Crippen molar-refractivity contribution >= 4 is 11.3 Å². The van der Waals surface area contributed by atoms with Crippen LogP contribution >= 0.6 is 0 Å². The standard InChI is InChI=1S/C10H5N4/c11-6-5-9(7-12)8-1-3-10(14-13)4-2-8/h1-5H/q+1/b9-5+. The second-order valence-electron chi connectivity index (χ2n) is 2.45. The van der Waals surface area contributed by atoms with Gasteiger partial charge in [-0.05, 0) is 17.7 Å². The van der Waals surface area contributed by atoms with Crippen LogP contribution in [-0.4, -0.2) is 0 Å². The highest BCUT2D eigenvalue weighted by atomic mass is 14.8. The van der Waals surface area contributed by atoms with Gasteiger partial charge in [0.05, 0.1) is 11.6 Å². The van der Waals surface area contributed by atoms with Crippen molar-refractivity contribution in [3.05, 3.63) is 40.9 Å². The zero-order valence-corrected chi connectivity index (χ0v) is 7.18. The van der Waals surface area contributed by atoms with Crippen LogP contribution in [0.1, 0.15) is 5.56 Å². The molecule has 0 aliphatic heterocycles. The Morgan fingerprint density at radius 1 is 1.21 bits per heavy atom. The zero-order chi connectivity index (χ0) is 10.4. The second kappa shape index (κ2) is 4.40. The third-order valence-corrected chi connectivity index (χ3v) is 1.62. The monoisotopic (exact) mass is 181 g/mol. The lowest BCUT2D eigenvalue weighted by Gasteiger charge is -1.92. The van der Waals surface area contributed by atoms with Gasteiger partial charge in [-0.3, -0.25) is 0 Å². The van der Waals surface area contributed by atoms with Crippen LogP contribution in [-0.2, 0) is 0 Å². The smallest absolute Gasteiger partial charge is 0.193 e. The maximum absolute atomic E-state index is 8.69. The van der Waals surface area contributed by atoms with Crippen LogP contribution in [0.5, 0.6) is 0 Å². The van der Waals surface area contributed by atoms with Crippen LogP contribution < -0.4 is 0 Å². The fourth-order valence-electron chi connectivity index (χ4n) is 0.952. The first kappa shape index (κ1) is 9.45. The van der Waals surface area contributed by atoms with Gasteiger partial charge in [0, 0.05) is 18.2 Å². The molecule has 0 saturated carbocycles. The summed E-state index contributed by atoms with van der Waals surface area (Å²) >= 11 is 0. The van der Waals surface area contributed by atoms with Crippen molar-refractivity contribution in [1.82, 2.24) is 0 Å². The van der Waals surface area contributed by atoms with Gasteiger partial charge in [-0.25, -0.2) is 0 Å². The first-order valence-electron chi connectivity index (χ1n) is 3.77. The lowest BCUT2D eigenvalue weighted by Crippen LogP contribution is -1.79. The summed E-state index contributed by atoms with van der Waals surface area (Å²) in [7, 11) is 0. The molecule has 0 aliphatic carbocycles. The Bertz CT molecular complexity index is 477. The van der Waals surface area contributed by atoms with E-state index < -0.39 is 0 Å².